The van der Waals surface area contributed by atoms with Crippen LogP contribution in [0.3, 0.4) is 0 Å². The average Bonchev–Trinajstić information content (AvgIpc) is 1.77. The van der Waals surface area contributed by atoms with Crippen LogP contribution in [0.2, 0.25) is 0 Å². The van der Waals surface area contributed by atoms with Crippen LogP contribution in [0.15, 0.2) is 10.3 Å². The molecule has 0 saturated carbocycles. The minimum atomic E-state index is -0.879. The molecule has 0 bridgehead atoms. The second kappa shape index (κ2) is 2.52. The van der Waals surface area contributed by atoms with Crippen LogP contribution in [0.5, 0.6) is 0 Å². The van der Waals surface area contributed by atoms with Crippen LogP contribution >= 0.6 is 0 Å². The second-order valence-corrected chi connectivity index (χ2v) is 6.90. The fourth-order valence-corrected chi connectivity index (χ4v) is 2.37. The summed E-state index contributed by atoms with van der Waals surface area (Å²) in [7, 11) is 0. The molecule has 1 aliphatic heterocycles. The Balaban J connectivity index is 2.60. The van der Waals surface area contributed by atoms with Crippen LogP contribution in [0, 0.1) is 0 Å². The monoisotopic (exact) mass is 226 g/mol. The standard InChI is InChI=1S/C4H9IN3/c1-5-3-4-6-7-8(5)2/h2-4H2,1H3. The van der Waals surface area contributed by atoms with Gasteiger partial charge in [0.2, 0.25) is 0 Å². The summed E-state index contributed by atoms with van der Waals surface area (Å²) in [5, 5.41) is 7.66. The van der Waals surface area contributed by atoms with Crippen LogP contribution in [0.1, 0.15) is 0 Å². The fraction of sp³-hybridized carbons (Fsp3) is 0.750. The number of alkyl halides is 2. The van der Waals surface area contributed by atoms with Crippen LogP contribution in [-0.2, 0) is 0 Å². The average molecular weight is 226 g/mol. The van der Waals surface area contributed by atoms with E-state index in [1.165, 1.54) is 4.43 Å². The molecule has 8 heavy (non-hydrogen) atoms. The van der Waals surface area contributed by atoms with Gasteiger partial charge in [-0.1, -0.05) is 0 Å². The molecule has 0 atom stereocenters. The summed E-state index contributed by atoms with van der Waals surface area (Å²) >= 11 is -0.879. The predicted octanol–water partition coefficient (Wildman–Crippen LogP) is -2.75. The van der Waals surface area contributed by atoms with E-state index in [0.29, 0.717) is 0 Å². The van der Waals surface area contributed by atoms with Gasteiger partial charge in [0.25, 0.3) is 0 Å². The van der Waals surface area contributed by atoms with E-state index in [2.05, 4.69) is 22.0 Å². The van der Waals surface area contributed by atoms with E-state index in [1.54, 1.807) is 2.90 Å². The Hall–Kier alpha value is 0. The maximum absolute atomic E-state index is 3.84. The van der Waals surface area contributed by atoms with E-state index in [-0.39, 0.29) is 0 Å². The van der Waals surface area contributed by atoms with E-state index in [9.17, 15) is 0 Å². The summed E-state index contributed by atoms with van der Waals surface area (Å²) in [5.74, 6) is 0. The normalized spacial score (nSPS) is 24.1. The third kappa shape index (κ3) is 1.24. The number of rotatable bonds is 0. The number of halogens is 1. The van der Waals surface area contributed by atoms with E-state index in [1.807, 2.05) is 0 Å². The molecule has 0 fully saturated rings. The van der Waals surface area contributed by atoms with Crippen LogP contribution in [0.4, 0.5) is 0 Å². The Morgan fingerprint density at radius 3 is 2.88 bits per heavy atom. The molecule has 1 aliphatic rings. The first-order valence-corrected chi connectivity index (χ1v) is 6.99. The summed E-state index contributed by atoms with van der Waals surface area (Å²) < 4.78 is 3.03. The van der Waals surface area contributed by atoms with E-state index in [0.717, 1.165) is 6.54 Å². The van der Waals surface area contributed by atoms with Gasteiger partial charge >= 0.3 is 55.9 Å². The van der Waals surface area contributed by atoms with E-state index >= 15 is 0 Å². The van der Waals surface area contributed by atoms with Crippen LogP contribution < -0.4 is 20.1 Å². The Morgan fingerprint density at radius 1 is 1.75 bits per heavy atom. The summed E-state index contributed by atoms with van der Waals surface area (Å²) in [4.78, 5) is 2.25. The molecule has 1 radical (unpaired) electrons. The van der Waals surface area contributed by atoms with Gasteiger partial charge in [0.1, 0.15) is 0 Å². The molecule has 0 amide bonds. The molecular formula is C4H9IN3. The van der Waals surface area contributed by atoms with E-state index in [4.69, 9.17) is 0 Å². The molecule has 0 unspecified atom stereocenters. The van der Waals surface area contributed by atoms with Crippen LogP contribution in [0.25, 0.3) is 0 Å². The van der Waals surface area contributed by atoms with Gasteiger partial charge in [-0.25, -0.2) is 0 Å². The van der Waals surface area contributed by atoms with Crippen molar-refractivity contribution in [1.29, 1.82) is 0 Å². The molecule has 0 spiro atoms. The van der Waals surface area contributed by atoms with Crippen molar-refractivity contribution < 1.29 is 23.0 Å². The molecule has 47 valence electrons. The number of nitrogens with zero attached hydrogens (tertiary/aromatic N) is 3. The van der Waals surface area contributed by atoms with Gasteiger partial charge in [0, 0.05) is 0 Å². The Labute approximate surface area is 56.2 Å². The van der Waals surface area contributed by atoms with Crippen molar-refractivity contribution >= 4 is 6.72 Å². The summed E-state index contributed by atoms with van der Waals surface area (Å²) in [6.45, 7) is 4.65. The molecule has 0 aliphatic carbocycles. The Bertz CT molecular complexity index is 131. The molecular weight excluding hydrogens is 217 g/mol. The van der Waals surface area contributed by atoms with Gasteiger partial charge in [-0.2, -0.15) is 0 Å². The predicted molar refractivity (Wildman–Crippen MR) is 27.9 cm³/mol. The summed E-state index contributed by atoms with van der Waals surface area (Å²) in [6, 6.07) is 0. The first-order chi connectivity index (χ1) is 3.80. The minimum absolute atomic E-state index is 0.879. The second-order valence-electron chi connectivity index (χ2n) is 1.54. The van der Waals surface area contributed by atoms with Crippen molar-refractivity contribution in [3.63, 3.8) is 0 Å². The van der Waals surface area contributed by atoms with E-state index < -0.39 is 20.1 Å². The quantitative estimate of drug-likeness (QED) is 0.243. The molecule has 0 saturated heterocycles. The topological polar surface area (TPSA) is 27.7 Å². The molecule has 3 nitrogen and oxygen atoms in total. The van der Waals surface area contributed by atoms with Crippen molar-refractivity contribution in [2.75, 3.05) is 15.9 Å². The maximum atomic E-state index is 3.84. The molecule has 0 aromatic heterocycles. The molecule has 0 aromatic rings. The molecule has 1 heterocycles. The summed E-state index contributed by atoms with van der Waals surface area (Å²) in [6.07, 6.45) is 0. The van der Waals surface area contributed by atoms with Gasteiger partial charge in [-0.05, 0) is 0 Å². The fourth-order valence-electron chi connectivity index (χ4n) is 0.429. The first-order valence-electron chi connectivity index (χ1n) is 2.35. The molecule has 0 N–H and O–H groups in total. The van der Waals surface area contributed by atoms with Gasteiger partial charge in [-0.15, -0.1) is 0 Å². The van der Waals surface area contributed by atoms with Crippen molar-refractivity contribution in [2.45, 2.75) is 0 Å². The Morgan fingerprint density at radius 2 is 2.50 bits per heavy atom. The Kier molecular flexibility index (Phi) is 1.93. The molecule has 1 rings (SSSR count). The third-order valence-electron chi connectivity index (χ3n) is 0.951. The van der Waals surface area contributed by atoms with Crippen molar-refractivity contribution in [2.24, 2.45) is 10.3 Å². The van der Waals surface area contributed by atoms with Gasteiger partial charge in [0.05, 0.1) is 0 Å². The number of hydrogen-bond donors (Lipinski definition) is 0. The SMILES string of the molecule is C=[N+]1N=NCC[I-]1C. The van der Waals surface area contributed by atoms with Gasteiger partial charge in [0.15, 0.2) is 0 Å². The zero-order valence-electron chi connectivity index (χ0n) is 4.84. The van der Waals surface area contributed by atoms with Gasteiger partial charge < -0.3 is 0 Å². The summed E-state index contributed by atoms with van der Waals surface area (Å²) in [5.41, 5.74) is 0. The zero-order valence-corrected chi connectivity index (χ0v) is 7.00. The number of hydrogen-bond acceptors (Lipinski definition) is 2. The third-order valence-corrected chi connectivity index (χ3v) is 5.09. The molecule has 4 heteroatoms. The van der Waals surface area contributed by atoms with Crippen molar-refractivity contribution in [3.8, 4) is 0 Å². The zero-order chi connectivity index (χ0) is 5.98. The van der Waals surface area contributed by atoms with Crippen molar-refractivity contribution in [3.05, 3.63) is 0 Å². The first kappa shape index (κ1) is 6.12. The van der Waals surface area contributed by atoms with Gasteiger partial charge in [-0.3, -0.25) is 0 Å². The van der Waals surface area contributed by atoms with Crippen molar-refractivity contribution in [1.82, 2.24) is 0 Å². The van der Waals surface area contributed by atoms with Crippen LogP contribution in [-0.4, -0.2) is 25.5 Å². The molecule has 0 aromatic carbocycles.